The number of halogens is 1. The summed E-state index contributed by atoms with van der Waals surface area (Å²) in [6, 6.07) is 24.2. The molecule has 2 heterocycles. The molecule has 0 aromatic heterocycles. The van der Waals surface area contributed by atoms with Crippen molar-refractivity contribution < 1.29 is 14.0 Å². The second kappa shape index (κ2) is 7.99. The molecule has 35 heavy (non-hydrogen) atoms. The van der Waals surface area contributed by atoms with Crippen LogP contribution in [0, 0.1) is 11.2 Å². The zero-order valence-corrected chi connectivity index (χ0v) is 19.6. The van der Waals surface area contributed by atoms with E-state index in [1.165, 1.54) is 12.1 Å². The van der Waals surface area contributed by atoms with Gasteiger partial charge < -0.3 is 5.32 Å². The third-order valence-electron chi connectivity index (χ3n) is 8.27. The van der Waals surface area contributed by atoms with Crippen molar-refractivity contribution in [3.8, 4) is 0 Å². The van der Waals surface area contributed by atoms with E-state index in [9.17, 15) is 14.0 Å². The van der Waals surface area contributed by atoms with Gasteiger partial charge in [0, 0.05) is 23.7 Å². The first-order valence-corrected chi connectivity index (χ1v) is 12.2. The van der Waals surface area contributed by atoms with Crippen LogP contribution in [-0.2, 0) is 15.1 Å². The van der Waals surface area contributed by atoms with Crippen LogP contribution in [0.5, 0.6) is 0 Å². The Morgan fingerprint density at radius 3 is 2.46 bits per heavy atom. The number of rotatable bonds is 2. The fraction of sp³-hybridized carbons (Fsp3) is 0.267. The van der Waals surface area contributed by atoms with Crippen molar-refractivity contribution in [3.63, 3.8) is 0 Å². The number of allylic oxidation sites excluding steroid dienone is 1. The van der Waals surface area contributed by atoms with Crippen LogP contribution in [0.2, 0.25) is 0 Å². The normalized spacial score (nSPS) is 29.2. The number of anilines is 1. The Morgan fingerprint density at radius 2 is 1.71 bits per heavy atom. The van der Waals surface area contributed by atoms with Gasteiger partial charge >= 0.3 is 0 Å². The maximum Gasteiger partial charge on any atom is 0.250 e. The predicted octanol–water partition coefficient (Wildman–Crippen LogP) is 5.53. The van der Waals surface area contributed by atoms with E-state index in [4.69, 9.17) is 0 Å². The molecule has 3 aliphatic rings. The van der Waals surface area contributed by atoms with Gasteiger partial charge in [-0.2, -0.15) is 0 Å². The van der Waals surface area contributed by atoms with Gasteiger partial charge in [-0.25, -0.2) is 4.39 Å². The van der Waals surface area contributed by atoms with Crippen molar-refractivity contribution in [2.24, 2.45) is 5.41 Å². The van der Waals surface area contributed by atoms with Crippen LogP contribution in [0.4, 0.5) is 10.1 Å². The summed E-state index contributed by atoms with van der Waals surface area (Å²) in [6.07, 6.45) is 3.97. The third kappa shape index (κ3) is 2.94. The molecule has 0 unspecified atom stereocenters. The highest BCUT2D eigenvalue weighted by atomic mass is 19.1. The van der Waals surface area contributed by atoms with E-state index in [1.54, 1.807) is 6.07 Å². The molecule has 1 aliphatic carbocycles. The number of hydrogen-bond donors (Lipinski definition) is 1. The van der Waals surface area contributed by atoms with Crippen LogP contribution in [-0.4, -0.2) is 30.2 Å². The highest BCUT2D eigenvalue weighted by molar-refractivity contribution is 6.15. The highest BCUT2D eigenvalue weighted by Crippen LogP contribution is 2.66. The van der Waals surface area contributed by atoms with Gasteiger partial charge in [-0.1, -0.05) is 60.7 Å². The molecule has 1 N–H and O–H groups in total. The van der Waals surface area contributed by atoms with E-state index in [2.05, 4.69) is 5.32 Å². The molecule has 2 spiro atoms. The van der Waals surface area contributed by atoms with Gasteiger partial charge in [0.15, 0.2) is 5.78 Å². The van der Waals surface area contributed by atoms with Crippen molar-refractivity contribution in [2.45, 2.75) is 30.7 Å². The molecule has 2 fully saturated rings. The van der Waals surface area contributed by atoms with E-state index >= 15 is 0 Å². The fourth-order valence-corrected chi connectivity index (χ4v) is 6.95. The van der Waals surface area contributed by atoms with Crippen LogP contribution < -0.4 is 5.32 Å². The number of likely N-dealkylation sites (N-methyl/N-ethyl adjacent to an activating group) is 1. The molecule has 1 amide bonds. The minimum absolute atomic E-state index is 0.00179. The highest BCUT2D eigenvalue weighted by Gasteiger charge is 2.73. The minimum Gasteiger partial charge on any atom is -0.324 e. The molecule has 3 aromatic carbocycles. The zero-order chi connectivity index (χ0) is 24.2. The van der Waals surface area contributed by atoms with Crippen molar-refractivity contribution in [3.05, 3.63) is 107 Å². The Morgan fingerprint density at radius 1 is 1.00 bits per heavy atom. The number of hydrogen-bond acceptors (Lipinski definition) is 3. The summed E-state index contributed by atoms with van der Waals surface area (Å²) >= 11 is 0. The summed E-state index contributed by atoms with van der Waals surface area (Å²) in [7, 11) is 1.90. The summed E-state index contributed by atoms with van der Waals surface area (Å²) < 4.78 is 14.6. The maximum absolute atomic E-state index is 14.7. The van der Waals surface area contributed by atoms with Gasteiger partial charge in [-0.3, -0.25) is 14.5 Å². The number of Topliss-reactive ketones (excluding diaryl/α,β-unsaturated/α-hetero) is 1. The summed E-state index contributed by atoms with van der Waals surface area (Å²) in [5.74, 6) is -0.860. The molecule has 1 saturated heterocycles. The second-order valence-corrected chi connectivity index (χ2v) is 9.93. The fourth-order valence-electron chi connectivity index (χ4n) is 6.95. The van der Waals surface area contributed by atoms with Gasteiger partial charge in [-0.05, 0) is 67.3 Å². The molecule has 6 rings (SSSR count). The maximum atomic E-state index is 14.7. The Labute approximate surface area is 204 Å². The largest absolute Gasteiger partial charge is 0.324 e. The molecule has 0 radical (unpaired) electrons. The molecule has 2 aliphatic heterocycles. The van der Waals surface area contributed by atoms with Crippen LogP contribution in [0.15, 0.2) is 84.4 Å². The van der Waals surface area contributed by atoms with Gasteiger partial charge in [0.2, 0.25) is 0 Å². The number of benzene rings is 3. The number of carbonyl (C=O) groups excluding carboxylic acids is 2. The predicted molar refractivity (Wildman–Crippen MR) is 134 cm³/mol. The van der Waals surface area contributed by atoms with Crippen LogP contribution >= 0.6 is 0 Å². The van der Waals surface area contributed by atoms with Crippen molar-refractivity contribution >= 4 is 23.5 Å². The molecule has 5 heteroatoms. The van der Waals surface area contributed by atoms with E-state index in [0.717, 1.165) is 23.1 Å². The van der Waals surface area contributed by atoms with E-state index in [-0.39, 0.29) is 17.6 Å². The van der Waals surface area contributed by atoms with E-state index in [0.29, 0.717) is 30.6 Å². The Kier molecular flexibility index (Phi) is 5.01. The second-order valence-electron chi connectivity index (χ2n) is 9.93. The van der Waals surface area contributed by atoms with Crippen LogP contribution in [0.1, 0.15) is 41.9 Å². The SMILES string of the molecule is CN1C[C@H](c2ccccc2)[C@]2(CCC/C(=C\c3ccccc3)C2=O)[C@]12C(=O)Nc1ccc(F)cc12. The van der Waals surface area contributed by atoms with Crippen LogP contribution in [0.25, 0.3) is 6.08 Å². The molecule has 3 atom stereocenters. The molecule has 3 aromatic rings. The lowest BCUT2D eigenvalue weighted by molar-refractivity contribution is -0.144. The first kappa shape index (κ1) is 21.9. The Bertz CT molecular complexity index is 1350. The number of likely N-dealkylation sites (tertiary alicyclic amines) is 1. The number of ketones is 1. The van der Waals surface area contributed by atoms with E-state index < -0.39 is 16.8 Å². The quantitative estimate of drug-likeness (QED) is 0.506. The first-order valence-electron chi connectivity index (χ1n) is 12.2. The van der Waals surface area contributed by atoms with Crippen molar-refractivity contribution in [1.82, 2.24) is 4.90 Å². The van der Waals surface area contributed by atoms with Crippen LogP contribution in [0.3, 0.4) is 0 Å². The number of nitrogens with zero attached hydrogens (tertiary/aromatic N) is 1. The summed E-state index contributed by atoms with van der Waals surface area (Å²) in [4.78, 5) is 30.7. The first-order chi connectivity index (χ1) is 17.0. The average Bonchev–Trinajstić information content (AvgIpc) is 3.31. The molecule has 4 nitrogen and oxygen atoms in total. The summed E-state index contributed by atoms with van der Waals surface area (Å²) in [5, 5.41) is 3.00. The number of nitrogens with one attached hydrogen (secondary N) is 1. The monoisotopic (exact) mass is 466 g/mol. The smallest absolute Gasteiger partial charge is 0.250 e. The summed E-state index contributed by atoms with van der Waals surface area (Å²) in [5.41, 5.74) is 1.55. The standard InChI is InChI=1S/C30H27FN2O2/c1-33-19-25(21-11-6-3-7-12-21)29(30(33)24-18-23(31)14-15-26(24)32-28(30)35)16-8-13-22(27(29)34)17-20-9-4-2-5-10-20/h2-7,9-12,14-15,17-18,25H,8,13,16,19H2,1H3,(H,32,35)/b22-17+/t25-,29+,30+/m1/s1. The average molecular weight is 467 g/mol. The van der Waals surface area contributed by atoms with Gasteiger partial charge in [0.1, 0.15) is 11.4 Å². The third-order valence-corrected chi connectivity index (χ3v) is 8.27. The molecule has 0 bridgehead atoms. The van der Waals surface area contributed by atoms with Gasteiger partial charge in [0.25, 0.3) is 5.91 Å². The summed E-state index contributed by atoms with van der Waals surface area (Å²) in [6.45, 7) is 0.526. The molecule has 176 valence electrons. The molecular weight excluding hydrogens is 439 g/mol. The zero-order valence-electron chi connectivity index (χ0n) is 19.6. The molecule has 1 saturated carbocycles. The van der Waals surface area contributed by atoms with Gasteiger partial charge in [0.05, 0.1) is 5.41 Å². The lowest BCUT2D eigenvalue weighted by atomic mass is 9.53. The minimum atomic E-state index is -1.28. The lowest BCUT2D eigenvalue weighted by Gasteiger charge is -2.48. The Balaban J connectivity index is 1.62. The topological polar surface area (TPSA) is 49.4 Å². The number of carbonyl (C=O) groups is 2. The van der Waals surface area contributed by atoms with E-state index in [1.807, 2.05) is 78.7 Å². The Hall–Kier alpha value is -3.57. The van der Waals surface area contributed by atoms with Gasteiger partial charge in [-0.15, -0.1) is 0 Å². The van der Waals surface area contributed by atoms with Crippen molar-refractivity contribution in [1.29, 1.82) is 0 Å². The van der Waals surface area contributed by atoms with Crippen molar-refractivity contribution in [2.75, 3.05) is 18.9 Å². The lowest BCUT2D eigenvalue weighted by Crippen LogP contribution is -2.60. The molecular formula is C30H27FN2O2. The number of fused-ring (bicyclic) bond motifs is 3. The number of amides is 1.